The van der Waals surface area contributed by atoms with Crippen LogP contribution < -0.4 is 10.6 Å². The summed E-state index contributed by atoms with van der Waals surface area (Å²) in [5.41, 5.74) is 3.41. The molecule has 0 atom stereocenters. The number of hydrogen-bond acceptors (Lipinski definition) is 5. The molecule has 0 radical (unpaired) electrons. The molecule has 0 unspecified atom stereocenters. The first-order valence-corrected chi connectivity index (χ1v) is 9.22. The molecule has 2 N–H and O–H groups in total. The van der Waals surface area contributed by atoms with E-state index in [0.717, 1.165) is 42.1 Å². The summed E-state index contributed by atoms with van der Waals surface area (Å²) in [6.07, 6.45) is 2.21. The molecule has 3 rings (SSSR count). The van der Waals surface area contributed by atoms with Crippen LogP contribution in [0.2, 0.25) is 0 Å². The van der Waals surface area contributed by atoms with Crippen LogP contribution >= 0.6 is 0 Å². The number of carbonyl (C=O) groups excluding carboxylic acids is 1. The fraction of sp³-hybridized carbons (Fsp3) is 0.227. The number of aromatic nitrogens is 2. The topological polar surface area (TPSA) is 66.9 Å². The second-order valence-electron chi connectivity index (χ2n) is 6.37. The van der Waals surface area contributed by atoms with Crippen LogP contribution in [-0.4, -0.2) is 22.3 Å². The summed E-state index contributed by atoms with van der Waals surface area (Å²) in [6.45, 7) is 4.59. The predicted octanol–water partition coefficient (Wildman–Crippen LogP) is 5.30. The van der Waals surface area contributed by atoms with Crippen LogP contribution in [-0.2, 0) is 0 Å². The number of nitrogens with zero attached hydrogens (tertiary/aromatic N) is 2. The van der Waals surface area contributed by atoms with E-state index in [-0.39, 0.29) is 5.78 Å². The highest BCUT2D eigenvalue weighted by Gasteiger charge is 2.08. The highest BCUT2D eigenvalue weighted by atomic mass is 16.1. The first-order chi connectivity index (χ1) is 13.2. The van der Waals surface area contributed by atoms with Crippen molar-refractivity contribution in [3.8, 4) is 11.3 Å². The van der Waals surface area contributed by atoms with Gasteiger partial charge in [-0.3, -0.25) is 4.79 Å². The lowest BCUT2D eigenvalue weighted by atomic mass is 10.1. The van der Waals surface area contributed by atoms with Gasteiger partial charge in [-0.15, -0.1) is 0 Å². The minimum absolute atomic E-state index is 0.0475. The predicted molar refractivity (Wildman–Crippen MR) is 111 cm³/mol. The van der Waals surface area contributed by atoms with Crippen molar-refractivity contribution < 1.29 is 4.79 Å². The van der Waals surface area contributed by atoms with E-state index in [1.807, 2.05) is 48.5 Å². The minimum Gasteiger partial charge on any atom is -0.370 e. The quantitative estimate of drug-likeness (QED) is 0.421. The van der Waals surface area contributed by atoms with E-state index in [2.05, 4.69) is 27.5 Å². The molecule has 5 nitrogen and oxygen atoms in total. The number of carbonyl (C=O) groups is 1. The molecule has 1 aromatic heterocycles. The molecule has 0 amide bonds. The average molecular weight is 360 g/mol. The van der Waals surface area contributed by atoms with Gasteiger partial charge >= 0.3 is 0 Å². The van der Waals surface area contributed by atoms with Crippen LogP contribution in [0.5, 0.6) is 0 Å². The van der Waals surface area contributed by atoms with Gasteiger partial charge < -0.3 is 10.6 Å². The van der Waals surface area contributed by atoms with Crippen LogP contribution in [0.15, 0.2) is 60.7 Å². The highest BCUT2D eigenvalue weighted by Crippen LogP contribution is 2.23. The van der Waals surface area contributed by atoms with Crippen LogP contribution in [0.4, 0.5) is 17.5 Å². The van der Waals surface area contributed by atoms with Gasteiger partial charge in [-0.25, -0.2) is 4.98 Å². The van der Waals surface area contributed by atoms with Crippen LogP contribution in [0.3, 0.4) is 0 Å². The van der Waals surface area contributed by atoms with E-state index in [1.54, 1.807) is 19.1 Å². The van der Waals surface area contributed by atoms with Gasteiger partial charge in [0.2, 0.25) is 5.95 Å². The molecule has 0 aliphatic carbocycles. The number of unbranched alkanes of at least 4 members (excludes halogenated alkanes) is 1. The third kappa shape index (κ3) is 5.14. The third-order valence-electron chi connectivity index (χ3n) is 4.18. The summed E-state index contributed by atoms with van der Waals surface area (Å²) in [5.74, 6) is 1.36. The van der Waals surface area contributed by atoms with Crippen molar-refractivity contribution in [1.82, 2.24) is 9.97 Å². The molecule has 2 aromatic carbocycles. The van der Waals surface area contributed by atoms with Gasteiger partial charge in [-0.1, -0.05) is 43.7 Å². The Hall–Kier alpha value is -3.21. The van der Waals surface area contributed by atoms with E-state index >= 15 is 0 Å². The maximum atomic E-state index is 11.4. The number of anilines is 3. The fourth-order valence-electron chi connectivity index (χ4n) is 2.66. The van der Waals surface area contributed by atoms with E-state index in [0.29, 0.717) is 11.5 Å². The number of ketones is 1. The third-order valence-corrected chi connectivity index (χ3v) is 4.18. The van der Waals surface area contributed by atoms with E-state index in [4.69, 9.17) is 0 Å². The van der Waals surface area contributed by atoms with Crippen LogP contribution in [0, 0.1) is 0 Å². The summed E-state index contributed by atoms with van der Waals surface area (Å²) < 4.78 is 0. The van der Waals surface area contributed by atoms with Gasteiger partial charge in [0.05, 0.1) is 5.69 Å². The Balaban J connectivity index is 1.88. The maximum Gasteiger partial charge on any atom is 0.229 e. The zero-order valence-electron chi connectivity index (χ0n) is 15.7. The Bertz CT molecular complexity index is 892. The number of benzene rings is 2. The lowest BCUT2D eigenvalue weighted by Gasteiger charge is -2.11. The molecular formula is C22H24N4O. The molecule has 0 aliphatic rings. The first-order valence-electron chi connectivity index (χ1n) is 9.22. The molecule has 138 valence electrons. The Labute approximate surface area is 159 Å². The molecule has 0 spiro atoms. The van der Waals surface area contributed by atoms with Crippen molar-refractivity contribution in [2.75, 3.05) is 17.2 Å². The zero-order valence-corrected chi connectivity index (χ0v) is 15.7. The van der Waals surface area contributed by atoms with Gasteiger partial charge in [0.15, 0.2) is 5.78 Å². The van der Waals surface area contributed by atoms with Crippen molar-refractivity contribution in [2.45, 2.75) is 26.7 Å². The van der Waals surface area contributed by atoms with Crippen molar-refractivity contribution >= 4 is 23.2 Å². The second kappa shape index (κ2) is 8.94. The largest absolute Gasteiger partial charge is 0.370 e. The zero-order chi connectivity index (χ0) is 19.1. The second-order valence-corrected chi connectivity index (χ2v) is 6.37. The van der Waals surface area contributed by atoms with E-state index < -0.39 is 0 Å². The Morgan fingerprint density at radius 2 is 1.74 bits per heavy atom. The SMILES string of the molecule is CCCCNc1cc(-c2ccccc2)nc(Nc2ccc(C(C)=O)cc2)n1. The molecule has 0 saturated heterocycles. The molecule has 0 aliphatic heterocycles. The Kier molecular flexibility index (Phi) is 6.15. The maximum absolute atomic E-state index is 11.4. The van der Waals surface area contributed by atoms with Crippen molar-refractivity contribution in [1.29, 1.82) is 0 Å². The van der Waals surface area contributed by atoms with Gasteiger partial charge in [-0.05, 0) is 37.6 Å². The van der Waals surface area contributed by atoms with Gasteiger partial charge in [0.25, 0.3) is 0 Å². The smallest absolute Gasteiger partial charge is 0.229 e. The molecule has 0 saturated carbocycles. The average Bonchev–Trinajstić information content (AvgIpc) is 2.69. The van der Waals surface area contributed by atoms with Crippen molar-refractivity contribution in [2.24, 2.45) is 0 Å². The van der Waals surface area contributed by atoms with E-state index in [1.165, 1.54) is 0 Å². The lowest BCUT2D eigenvalue weighted by Crippen LogP contribution is -2.06. The molecule has 5 heteroatoms. The molecule has 1 heterocycles. The fourth-order valence-corrected chi connectivity index (χ4v) is 2.66. The summed E-state index contributed by atoms with van der Waals surface area (Å²) in [5, 5.41) is 6.61. The van der Waals surface area contributed by atoms with Crippen LogP contribution in [0.25, 0.3) is 11.3 Å². The number of rotatable bonds is 8. The first kappa shape index (κ1) is 18.6. The van der Waals surface area contributed by atoms with E-state index in [9.17, 15) is 4.79 Å². The van der Waals surface area contributed by atoms with Gasteiger partial charge in [-0.2, -0.15) is 4.98 Å². The summed E-state index contributed by atoms with van der Waals surface area (Å²) >= 11 is 0. The number of hydrogen-bond donors (Lipinski definition) is 2. The number of nitrogens with one attached hydrogen (secondary N) is 2. The summed E-state index contributed by atoms with van der Waals surface area (Å²) in [7, 11) is 0. The normalized spacial score (nSPS) is 10.4. The standard InChI is InChI=1S/C22H24N4O/c1-3-4-14-23-21-15-20(18-8-6-5-7-9-18)25-22(26-21)24-19-12-10-17(11-13-19)16(2)27/h5-13,15H,3-4,14H2,1-2H3,(H2,23,24,25,26). The van der Waals surface area contributed by atoms with Gasteiger partial charge in [0.1, 0.15) is 5.82 Å². The molecule has 0 fully saturated rings. The van der Waals surface area contributed by atoms with Crippen molar-refractivity contribution in [3.63, 3.8) is 0 Å². The monoisotopic (exact) mass is 360 g/mol. The summed E-state index contributed by atoms with van der Waals surface area (Å²) in [6, 6.07) is 19.3. The number of Topliss-reactive ketones (excluding diaryl/α,β-unsaturated/α-hetero) is 1. The summed E-state index contributed by atoms with van der Waals surface area (Å²) in [4.78, 5) is 20.7. The Morgan fingerprint density at radius 3 is 2.41 bits per heavy atom. The molecule has 27 heavy (non-hydrogen) atoms. The van der Waals surface area contributed by atoms with Crippen LogP contribution in [0.1, 0.15) is 37.0 Å². The van der Waals surface area contributed by atoms with Gasteiger partial charge in [0, 0.05) is 29.4 Å². The molecule has 0 bridgehead atoms. The van der Waals surface area contributed by atoms with Crippen molar-refractivity contribution in [3.05, 3.63) is 66.2 Å². The minimum atomic E-state index is 0.0475. The molecular weight excluding hydrogens is 336 g/mol. The Morgan fingerprint density at radius 1 is 1.00 bits per heavy atom. The lowest BCUT2D eigenvalue weighted by molar-refractivity contribution is 0.101. The molecule has 3 aromatic rings. The highest BCUT2D eigenvalue weighted by molar-refractivity contribution is 5.94.